The summed E-state index contributed by atoms with van der Waals surface area (Å²) in [5.74, 6) is -0.0430. The molecule has 0 saturated carbocycles. The molecule has 1 rings (SSSR count). The van der Waals surface area contributed by atoms with Gasteiger partial charge in [-0.25, -0.2) is 0 Å². The van der Waals surface area contributed by atoms with E-state index in [0.717, 1.165) is 16.7 Å². The summed E-state index contributed by atoms with van der Waals surface area (Å²) >= 11 is 3.40. The number of aliphatic hydroxyl groups is 1. The third kappa shape index (κ3) is 5.72. The van der Waals surface area contributed by atoms with Crippen LogP contribution in [0.25, 0.3) is 0 Å². The Morgan fingerprint density at radius 1 is 1.42 bits per heavy atom. The highest BCUT2D eigenvalue weighted by Gasteiger charge is 2.14. The van der Waals surface area contributed by atoms with Crippen molar-refractivity contribution in [3.05, 3.63) is 28.7 Å². The van der Waals surface area contributed by atoms with E-state index in [1.165, 1.54) is 0 Å². The Balaban J connectivity index is 2.55. The number of benzene rings is 1. The molecule has 4 nitrogen and oxygen atoms in total. The molecule has 0 spiro atoms. The summed E-state index contributed by atoms with van der Waals surface area (Å²) in [7, 11) is 0. The third-order valence-corrected chi connectivity index (χ3v) is 3.52. The fraction of sp³-hybridized carbons (Fsp3) is 0.500. The largest absolute Gasteiger partial charge is 0.396 e. The molecule has 1 amide bonds. The summed E-state index contributed by atoms with van der Waals surface area (Å²) in [6, 6.07) is 7.81. The van der Waals surface area contributed by atoms with Crippen molar-refractivity contribution in [2.45, 2.75) is 26.3 Å². The lowest BCUT2D eigenvalue weighted by atomic mass is 10.2. The Kier molecular flexibility index (Phi) is 7.05. The summed E-state index contributed by atoms with van der Waals surface area (Å²) in [4.78, 5) is 14.1. The van der Waals surface area contributed by atoms with Crippen molar-refractivity contribution >= 4 is 27.5 Å². The van der Waals surface area contributed by atoms with Crippen molar-refractivity contribution in [3.8, 4) is 0 Å². The van der Waals surface area contributed by atoms with Gasteiger partial charge in [0.05, 0.1) is 12.2 Å². The lowest BCUT2D eigenvalue weighted by molar-refractivity contribution is -0.117. The van der Waals surface area contributed by atoms with Crippen LogP contribution in [0.3, 0.4) is 0 Å². The Bertz CT molecular complexity index is 410. The van der Waals surface area contributed by atoms with Crippen molar-refractivity contribution in [2.24, 2.45) is 0 Å². The molecule has 0 atom stereocenters. The molecule has 0 radical (unpaired) electrons. The van der Waals surface area contributed by atoms with Crippen LogP contribution in [0.4, 0.5) is 5.69 Å². The van der Waals surface area contributed by atoms with Gasteiger partial charge in [0, 0.05) is 23.7 Å². The van der Waals surface area contributed by atoms with E-state index in [1.807, 2.05) is 43.0 Å². The Labute approximate surface area is 122 Å². The zero-order valence-corrected chi connectivity index (χ0v) is 13.0. The fourth-order valence-corrected chi connectivity index (χ4v) is 2.11. The van der Waals surface area contributed by atoms with E-state index in [0.29, 0.717) is 13.0 Å². The van der Waals surface area contributed by atoms with E-state index in [1.54, 1.807) is 0 Å². The number of nitrogens with one attached hydrogen (secondary N) is 1. The predicted molar refractivity (Wildman–Crippen MR) is 81.2 cm³/mol. The average molecular weight is 329 g/mol. The van der Waals surface area contributed by atoms with E-state index in [4.69, 9.17) is 5.11 Å². The molecule has 2 N–H and O–H groups in total. The molecule has 0 bridgehead atoms. The highest BCUT2D eigenvalue weighted by Crippen LogP contribution is 2.21. The van der Waals surface area contributed by atoms with Gasteiger partial charge in [0.15, 0.2) is 0 Å². The minimum absolute atomic E-state index is 0.0430. The monoisotopic (exact) mass is 328 g/mol. The lowest BCUT2D eigenvalue weighted by Gasteiger charge is -2.25. The first-order chi connectivity index (χ1) is 9.04. The first-order valence-corrected chi connectivity index (χ1v) is 7.23. The Morgan fingerprint density at radius 2 is 2.11 bits per heavy atom. The topological polar surface area (TPSA) is 52.6 Å². The second-order valence-corrected chi connectivity index (χ2v) is 5.52. The van der Waals surface area contributed by atoms with Gasteiger partial charge in [0.1, 0.15) is 0 Å². The molecule has 0 aliphatic heterocycles. The molecule has 5 heteroatoms. The highest BCUT2D eigenvalue weighted by atomic mass is 79.9. The maximum absolute atomic E-state index is 12.0. The number of hydrogen-bond acceptors (Lipinski definition) is 3. The Morgan fingerprint density at radius 3 is 2.68 bits per heavy atom. The van der Waals surface area contributed by atoms with Gasteiger partial charge in [-0.2, -0.15) is 0 Å². The normalized spacial score (nSPS) is 11.1. The molecular formula is C14H21BrN2O2. The van der Waals surface area contributed by atoms with Crippen LogP contribution in [0.15, 0.2) is 28.7 Å². The maximum atomic E-state index is 12.0. The molecule has 0 aromatic heterocycles. The van der Waals surface area contributed by atoms with Gasteiger partial charge >= 0.3 is 0 Å². The minimum Gasteiger partial charge on any atom is -0.396 e. The maximum Gasteiger partial charge on any atom is 0.238 e. The molecule has 0 aliphatic rings. The number of rotatable bonds is 7. The first-order valence-electron chi connectivity index (χ1n) is 6.44. The van der Waals surface area contributed by atoms with Gasteiger partial charge < -0.3 is 10.4 Å². The SMILES string of the molecule is CC(C)N(CCCO)CC(=O)Nc1ccccc1Br. The van der Waals surface area contributed by atoms with Crippen molar-refractivity contribution < 1.29 is 9.90 Å². The van der Waals surface area contributed by atoms with Gasteiger partial charge in [-0.3, -0.25) is 9.69 Å². The molecule has 0 unspecified atom stereocenters. The van der Waals surface area contributed by atoms with Crippen LogP contribution in [0.5, 0.6) is 0 Å². The molecule has 0 aliphatic carbocycles. The van der Waals surface area contributed by atoms with E-state index in [2.05, 4.69) is 21.2 Å². The molecule has 19 heavy (non-hydrogen) atoms. The van der Waals surface area contributed by atoms with Crippen LogP contribution in [0.2, 0.25) is 0 Å². The van der Waals surface area contributed by atoms with E-state index < -0.39 is 0 Å². The number of aliphatic hydroxyl groups excluding tert-OH is 1. The Hall–Kier alpha value is -0.910. The number of nitrogens with zero attached hydrogens (tertiary/aromatic N) is 1. The van der Waals surface area contributed by atoms with Crippen molar-refractivity contribution in [1.82, 2.24) is 4.90 Å². The molecule has 106 valence electrons. The van der Waals surface area contributed by atoms with Gasteiger partial charge in [0.2, 0.25) is 5.91 Å². The second-order valence-electron chi connectivity index (χ2n) is 4.67. The van der Waals surface area contributed by atoms with Gasteiger partial charge in [-0.1, -0.05) is 12.1 Å². The molecule has 0 saturated heterocycles. The molecule has 0 fully saturated rings. The summed E-state index contributed by atoms with van der Waals surface area (Å²) in [6.45, 7) is 5.29. The smallest absolute Gasteiger partial charge is 0.238 e. The van der Waals surface area contributed by atoms with E-state index >= 15 is 0 Å². The van der Waals surface area contributed by atoms with Crippen LogP contribution in [0, 0.1) is 0 Å². The summed E-state index contributed by atoms with van der Waals surface area (Å²) in [5.41, 5.74) is 0.776. The molecule has 1 aromatic carbocycles. The minimum atomic E-state index is -0.0430. The van der Waals surface area contributed by atoms with Gasteiger partial charge in [-0.05, 0) is 48.3 Å². The number of carbonyl (C=O) groups excluding carboxylic acids is 1. The van der Waals surface area contributed by atoms with Gasteiger partial charge in [0.25, 0.3) is 0 Å². The molecule has 1 aromatic rings. The fourth-order valence-electron chi connectivity index (χ4n) is 1.73. The lowest BCUT2D eigenvalue weighted by Crippen LogP contribution is -2.39. The summed E-state index contributed by atoms with van der Waals surface area (Å²) in [5, 5.41) is 11.8. The predicted octanol–water partition coefficient (Wildman–Crippen LogP) is 2.48. The quantitative estimate of drug-likeness (QED) is 0.808. The van der Waals surface area contributed by atoms with Crippen LogP contribution >= 0.6 is 15.9 Å². The van der Waals surface area contributed by atoms with E-state index in [9.17, 15) is 4.79 Å². The van der Waals surface area contributed by atoms with Crippen molar-refractivity contribution in [3.63, 3.8) is 0 Å². The number of hydrogen-bond donors (Lipinski definition) is 2. The van der Waals surface area contributed by atoms with Gasteiger partial charge in [-0.15, -0.1) is 0 Å². The first kappa shape index (κ1) is 16.1. The van der Waals surface area contributed by atoms with Crippen LogP contribution < -0.4 is 5.32 Å². The van der Waals surface area contributed by atoms with Crippen molar-refractivity contribution in [1.29, 1.82) is 0 Å². The molecular weight excluding hydrogens is 308 g/mol. The number of halogens is 1. The third-order valence-electron chi connectivity index (χ3n) is 2.83. The average Bonchev–Trinajstić information content (AvgIpc) is 2.37. The summed E-state index contributed by atoms with van der Waals surface area (Å²) in [6.07, 6.45) is 0.681. The number of carbonyl (C=O) groups is 1. The van der Waals surface area contributed by atoms with Crippen molar-refractivity contribution in [2.75, 3.05) is 25.0 Å². The summed E-state index contributed by atoms with van der Waals surface area (Å²) < 4.78 is 0.870. The number of para-hydroxylation sites is 1. The number of amides is 1. The van der Waals surface area contributed by atoms with Crippen LogP contribution in [-0.4, -0.2) is 41.7 Å². The zero-order chi connectivity index (χ0) is 14.3. The zero-order valence-electron chi connectivity index (χ0n) is 11.4. The van der Waals surface area contributed by atoms with Crippen LogP contribution in [-0.2, 0) is 4.79 Å². The van der Waals surface area contributed by atoms with E-state index in [-0.39, 0.29) is 18.6 Å². The molecule has 0 heterocycles. The van der Waals surface area contributed by atoms with Crippen LogP contribution in [0.1, 0.15) is 20.3 Å². The second kappa shape index (κ2) is 8.30. The standard InChI is InChI=1S/C14H21BrN2O2/c1-11(2)17(8-5-9-18)10-14(19)16-13-7-4-3-6-12(13)15/h3-4,6-7,11,18H,5,8-10H2,1-2H3,(H,16,19). The highest BCUT2D eigenvalue weighted by molar-refractivity contribution is 9.10. The number of anilines is 1.